The van der Waals surface area contributed by atoms with E-state index in [-0.39, 0.29) is 18.1 Å². The molecule has 1 aromatic carbocycles. The molecular formula is C18H27NO3. The third-order valence-electron chi connectivity index (χ3n) is 3.53. The molecule has 0 saturated heterocycles. The van der Waals surface area contributed by atoms with Gasteiger partial charge in [0.2, 0.25) is 0 Å². The maximum absolute atomic E-state index is 12.3. The summed E-state index contributed by atoms with van der Waals surface area (Å²) in [4.78, 5) is 14.0. The first kappa shape index (κ1) is 16.7. The number of hydrogen-bond acceptors (Lipinski definition) is 3. The van der Waals surface area contributed by atoms with Crippen LogP contribution in [-0.2, 0) is 11.3 Å². The van der Waals surface area contributed by atoms with Crippen molar-refractivity contribution in [2.24, 2.45) is 0 Å². The van der Waals surface area contributed by atoms with Crippen LogP contribution >= 0.6 is 0 Å². The van der Waals surface area contributed by atoms with E-state index >= 15 is 0 Å². The second-order valence-corrected chi connectivity index (χ2v) is 7.29. The van der Waals surface area contributed by atoms with Gasteiger partial charge in [-0.05, 0) is 63.8 Å². The zero-order chi connectivity index (χ0) is 16.5. The fourth-order valence-corrected chi connectivity index (χ4v) is 2.69. The molecule has 0 N–H and O–H groups in total. The Morgan fingerprint density at radius 3 is 2.59 bits per heavy atom. The Morgan fingerprint density at radius 1 is 1.32 bits per heavy atom. The molecule has 1 unspecified atom stereocenters. The molecule has 1 amide bonds. The van der Waals surface area contributed by atoms with E-state index < -0.39 is 5.60 Å². The number of ether oxygens (including phenoxy) is 2. The topological polar surface area (TPSA) is 38.8 Å². The molecule has 2 rings (SSSR count). The van der Waals surface area contributed by atoms with Gasteiger partial charge >= 0.3 is 6.09 Å². The van der Waals surface area contributed by atoms with Crippen molar-refractivity contribution in [3.63, 3.8) is 0 Å². The predicted octanol–water partition coefficient (Wildman–Crippen LogP) is 4.33. The van der Waals surface area contributed by atoms with Gasteiger partial charge in [0.15, 0.2) is 0 Å². The summed E-state index contributed by atoms with van der Waals surface area (Å²) < 4.78 is 11.2. The van der Waals surface area contributed by atoms with Crippen LogP contribution in [0.5, 0.6) is 5.75 Å². The molecule has 1 atom stereocenters. The van der Waals surface area contributed by atoms with Crippen LogP contribution in [0.15, 0.2) is 18.2 Å². The maximum atomic E-state index is 12.3. The summed E-state index contributed by atoms with van der Waals surface area (Å²) in [6.45, 7) is 13.1. The molecule has 0 radical (unpaired) electrons. The third-order valence-corrected chi connectivity index (χ3v) is 3.53. The van der Waals surface area contributed by atoms with E-state index in [4.69, 9.17) is 9.47 Å². The Morgan fingerprint density at radius 2 is 2.00 bits per heavy atom. The Bertz CT molecular complexity index is 546. The van der Waals surface area contributed by atoms with Gasteiger partial charge in [-0.2, -0.15) is 0 Å². The molecule has 1 aromatic rings. The molecule has 0 spiro atoms. The first-order chi connectivity index (χ1) is 10.2. The molecule has 22 heavy (non-hydrogen) atoms. The average Bonchev–Trinajstić information content (AvgIpc) is 2.36. The minimum atomic E-state index is -0.463. The van der Waals surface area contributed by atoms with Crippen molar-refractivity contribution in [1.82, 2.24) is 4.90 Å². The number of amides is 1. The van der Waals surface area contributed by atoms with E-state index in [1.54, 1.807) is 4.90 Å². The molecule has 1 heterocycles. The molecule has 0 aromatic heterocycles. The lowest BCUT2D eigenvalue weighted by Crippen LogP contribution is -2.41. The van der Waals surface area contributed by atoms with Gasteiger partial charge < -0.3 is 14.4 Å². The number of carbonyl (C=O) groups is 1. The Labute approximate surface area is 133 Å². The van der Waals surface area contributed by atoms with Crippen LogP contribution in [-0.4, -0.2) is 29.2 Å². The van der Waals surface area contributed by atoms with Gasteiger partial charge in [0.05, 0.1) is 6.10 Å². The first-order valence-electron chi connectivity index (χ1n) is 7.93. The van der Waals surface area contributed by atoms with Crippen LogP contribution in [0, 0.1) is 0 Å². The summed E-state index contributed by atoms with van der Waals surface area (Å²) in [5.41, 5.74) is 1.97. The van der Waals surface area contributed by atoms with Crippen LogP contribution in [0.25, 0.3) is 0 Å². The number of rotatable bonds is 2. The molecule has 4 nitrogen and oxygen atoms in total. The SMILES string of the molecule is CC(C)Oc1ccc2c(c1)C(C)CN(C(=O)OC(C)(C)C)C2. The molecule has 1 aliphatic heterocycles. The normalized spacial score (nSPS) is 18.1. The lowest BCUT2D eigenvalue weighted by Gasteiger charge is -2.34. The molecule has 1 aliphatic rings. The minimum absolute atomic E-state index is 0.162. The molecule has 4 heteroatoms. The highest BCUT2D eigenvalue weighted by molar-refractivity contribution is 5.69. The molecule has 0 saturated carbocycles. The number of carbonyl (C=O) groups excluding carboxylic acids is 1. The molecule has 0 aliphatic carbocycles. The minimum Gasteiger partial charge on any atom is -0.491 e. The highest BCUT2D eigenvalue weighted by Gasteiger charge is 2.29. The average molecular weight is 305 g/mol. The zero-order valence-electron chi connectivity index (χ0n) is 14.5. The predicted molar refractivity (Wildman–Crippen MR) is 87.3 cm³/mol. The second kappa shape index (κ2) is 6.19. The standard InChI is InChI=1S/C18H27NO3/c1-12(2)21-15-8-7-14-11-19(10-13(3)16(14)9-15)17(20)22-18(4,5)6/h7-9,12-13H,10-11H2,1-6H3. The van der Waals surface area contributed by atoms with Crippen LogP contribution in [0.3, 0.4) is 0 Å². The summed E-state index contributed by atoms with van der Waals surface area (Å²) in [6.07, 6.45) is -0.0808. The van der Waals surface area contributed by atoms with Crippen molar-refractivity contribution in [3.8, 4) is 5.75 Å². The van der Waals surface area contributed by atoms with Gasteiger partial charge in [-0.1, -0.05) is 13.0 Å². The first-order valence-corrected chi connectivity index (χ1v) is 7.93. The fourth-order valence-electron chi connectivity index (χ4n) is 2.69. The quantitative estimate of drug-likeness (QED) is 0.816. The van der Waals surface area contributed by atoms with Crippen LogP contribution in [0.1, 0.15) is 58.6 Å². The third kappa shape index (κ3) is 4.15. The highest BCUT2D eigenvalue weighted by atomic mass is 16.6. The maximum Gasteiger partial charge on any atom is 0.410 e. The summed E-state index contributed by atoms with van der Waals surface area (Å²) >= 11 is 0. The van der Waals surface area contributed by atoms with E-state index in [0.717, 1.165) is 5.75 Å². The number of fused-ring (bicyclic) bond motifs is 1. The Balaban J connectivity index is 2.15. The van der Waals surface area contributed by atoms with Crippen LogP contribution in [0.4, 0.5) is 4.79 Å². The van der Waals surface area contributed by atoms with Crippen LogP contribution in [0.2, 0.25) is 0 Å². The van der Waals surface area contributed by atoms with Gasteiger partial charge in [0, 0.05) is 13.1 Å². The summed E-state index contributed by atoms with van der Waals surface area (Å²) in [5.74, 6) is 1.17. The van der Waals surface area contributed by atoms with E-state index in [9.17, 15) is 4.79 Å². The van der Waals surface area contributed by atoms with Crippen molar-refractivity contribution >= 4 is 6.09 Å². The fraction of sp³-hybridized carbons (Fsp3) is 0.611. The lowest BCUT2D eigenvalue weighted by molar-refractivity contribution is 0.0209. The summed E-state index contributed by atoms with van der Waals surface area (Å²) in [5, 5.41) is 0. The van der Waals surface area contributed by atoms with Crippen molar-refractivity contribution in [2.75, 3.05) is 6.54 Å². The van der Waals surface area contributed by atoms with Gasteiger partial charge in [-0.15, -0.1) is 0 Å². The van der Waals surface area contributed by atoms with Crippen molar-refractivity contribution < 1.29 is 14.3 Å². The highest BCUT2D eigenvalue weighted by Crippen LogP contribution is 2.32. The molecule has 0 fully saturated rings. The number of benzene rings is 1. The monoisotopic (exact) mass is 305 g/mol. The van der Waals surface area contributed by atoms with Crippen LogP contribution < -0.4 is 4.74 Å². The van der Waals surface area contributed by atoms with Gasteiger partial charge in [0.25, 0.3) is 0 Å². The smallest absolute Gasteiger partial charge is 0.410 e. The van der Waals surface area contributed by atoms with Gasteiger partial charge in [0.1, 0.15) is 11.4 Å². The van der Waals surface area contributed by atoms with E-state index in [2.05, 4.69) is 19.1 Å². The molecule has 0 bridgehead atoms. The molecule has 122 valence electrons. The van der Waals surface area contributed by atoms with Crippen molar-refractivity contribution in [1.29, 1.82) is 0 Å². The summed E-state index contributed by atoms with van der Waals surface area (Å²) in [6, 6.07) is 6.14. The lowest BCUT2D eigenvalue weighted by atomic mass is 9.91. The molecular weight excluding hydrogens is 278 g/mol. The van der Waals surface area contributed by atoms with E-state index in [1.807, 2.05) is 40.7 Å². The zero-order valence-corrected chi connectivity index (χ0v) is 14.5. The van der Waals surface area contributed by atoms with Gasteiger partial charge in [-0.25, -0.2) is 4.79 Å². The van der Waals surface area contributed by atoms with E-state index in [1.165, 1.54) is 11.1 Å². The largest absolute Gasteiger partial charge is 0.491 e. The van der Waals surface area contributed by atoms with E-state index in [0.29, 0.717) is 13.1 Å². The Kier molecular flexibility index (Phi) is 4.69. The van der Waals surface area contributed by atoms with Crippen molar-refractivity contribution in [3.05, 3.63) is 29.3 Å². The summed E-state index contributed by atoms with van der Waals surface area (Å²) in [7, 11) is 0. The second-order valence-electron chi connectivity index (χ2n) is 7.29. The van der Waals surface area contributed by atoms with Gasteiger partial charge in [-0.3, -0.25) is 0 Å². The Hall–Kier alpha value is -1.71. The number of hydrogen-bond donors (Lipinski definition) is 0. The number of nitrogens with zero attached hydrogens (tertiary/aromatic N) is 1. The van der Waals surface area contributed by atoms with Crippen molar-refractivity contribution in [2.45, 2.75) is 65.7 Å².